The minimum atomic E-state index is -0.218. The van der Waals surface area contributed by atoms with E-state index in [9.17, 15) is 4.79 Å². The van der Waals surface area contributed by atoms with E-state index >= 15 is 0 Å². The van der Waals surface area contributed by atoms with Crippen molar-refractivity contribution in [3.8, 4) is 5.69 Å². The summed E-state index contributed by atoms with van der Waals surface area (Å²) in [6, 6.07) is 9.56. The van der Waals surface area contributed by atoms with Gasteiger partial charge in [0, 0.05) is 5.41 Å². The summed E-state index contributed by atoms with van der Waals surface area (Å²) in [4.78, 5) is 11.2. The summed E-state index contributed by atoms with van der Waals surface area (Å²) in [6.07, 6.45) is 0.780. The maximum Gasteiger partial charge on any atom is 0.155 e. The maximum atomic E-state index is 11.2. The number of aldehydes is 1. The highest BCUT2D eigenvalue weighted by Crippen LogP contribution is 2.28. The van der Waals surface area contributed by atoms with Crippen molar-refractivity contribution in [3.63, 3.8) is 0 Å². The molecular formula is C14H17N3O. The molecule has 0 radical (unpaired) electrons. The van der Waals surface area contributed by atoms with Crippen LogP contribution in [0.1, 0.15) is 36.8 Å². The van der Waals surface area contributed by atoms with Crippen LogP contribution in [-0.4, -0.2) is 16.1 Å². The molecule has 0 bridgehead atoms. The first-order chi connectivity index (χ1) is 8.45. The number of benzene rings is 1. The van der Waals surface area contributed by atoms with Crippen LogP contribution in [0.2, 0.25) is 0 Å². The zero-order valence-electron chi connectivity index (χ0n) is 10.8. The molecule has 0 unspecified atom stereocenters. The second kappa shape index (κ2) is 4.29. The molecule has 94 valence electrons. The van der Waals surface area contributed by atoms with Gasteiger partial charge in [-0.05, 0) is 12.1 Å². The summed E-state index contributed by atoms with van der Waals surface area (Å²) in [5.41, 5.74) is 7.85. The molecule has 1 aromatic carbocycles. The number of carbonyl (C=O) groups is 1. The van der Waals surface area contributed by atoms with Crippen LogP contribution >= 0.6 is 0 Å². The minimum absolute atomic E-state index is 0.218. The number of carbonyl (C=O) groups excluding carboxylic acids is 1. The zero-order chi connectivity index (χ0) is 13.3. The molecule has 0 saturated carbocycles. The summed E-state index contributed by atoms with van der Waals surface area (Å²) < 4.78 is 1.62. The third-order valence-electron chi connectivity index (χ3n) is 2.79. The number of nitrogens with zero attached hydrogens (tertiary/aromatic N) is 2. The predicted molar refractivity (Wildman–Crippen MR) is 72.1 cm³/mol. The Labute approximate surface area is 106 Å². The molecule has 4 nitrogen and oxygen atoms in total. The van der Waals surface area contributed by atoms with Crippen LogP contribution in [0.5, 0.6) is 0 Å². The molecule has 0 aliphatic rings. The van der Waals surface area contributed by atoms with Crippen LogP contribution in [0.3, 0.4) is 0 Å². The van der Waals surface area contributed by atoms with Crippen LogP contribution in [0.25, 0.3) is 5.69 Å². The van der Waals surface area contributed by atoms with Crippen molar-refractivity contribution < 1.29 is 4.79 Å². The number of hydrogen-bond donors (Lipinski definition) is 1. The van der Waals surface area contributed by atoms with E-state index in [2.05, 4.69) is 5.10 Å². The van der Waals surface area contributed by atoms with Crippen LogP contribution in [0, 0.1) is 0 Å². The smallest absolute Gasteiger partial charge is 0.155 e. The van der Waals surface area contributed by atoms with Crippen LogP contribution in [0.4, 0.5) is 5.82 Å². The van der Waals surface area contributed by atoms with Gasteiger partial charge in [0.2, 0.25) is 0 Å². The summed E-state index contributed by atoms with van der Waals surface area (Å²) >= 11 is 0. The number of rotatable bonds is 2. The Morgan fingerprint density at radius 1 is 1.22 bits per heavy atom. The van der Waals surface area contributed by atoms with E-state index < -0.39 is 0 Å². The minimum Gasteiger partial charge on any atom is -0.383 e. The Hall–Kier alpha value is -2.10. The number of hydrogen-bond acceptors (Lipinski definition) is 3. The first-order valence-electron chi connectivity index (χ1n) is 5.84. The van der Waals surface area contributed by atoms with Gasteiger partial charge >= 0.3 is 0 Å². The lowest BCUT2D eigenvalue weighted by Gasteiger charge is -2.15. The Morgan fingerprint density at radius 3 is 2.28 bits per heavy atom. The van der Waals surface area contributed by atoms with E-state index in [1.54, 1.807) is 4.68 Å². The molecule has 4 heteroatoms. The fraction of sp³-hybridized carbons (Fsp3) is 0.286. The van der Waals surface area contributed by atoms with Gasteiger partial charge in [0.1, 0.15) is 5.82 Å². The second-order valence-electron chi connectivity index (χ2n) is 5.26. The highest BCUT2D eigenvalue weighted by Gasteiger charge is 2.25. The molecule has 0 amide bonds. The van der Waals surface area contributed by atoms with Gasteiger partial charge in [0.05, 0.1) is 16.9 Å². The Kier molecular flexibility index (Phi) is 2.95. The van der Waals surface area contributed by atoms with E-state index in [0.717, 1.165) is 17.7 Å². The Balaban J connectivity index is 2.65. The number of nitrogens with two attached hydrogens (primary N) is 1. The molecule has 0 spiro atoms. The number of aromatic nitrogens is 2. The molecule has 0 aliphatic heterocycles. The first kappa shape index (κ1) is 12.4. The van der Waals surface area contributed by atoms with E-state index in [1.807, 2.05) is 51.1 Å². The number of nitrogen functional groups attached to an aromatic ring is 1. The van der Waals surface area contributed by atoms with Gasteiger partial charge in [-0.25, -0.2) is 4.68 Å². The van der Waals surface area contributed by atoms with Gasteiger partial charge in [-0.2, -0.15) is 5.10 Å². The molecule has 0 aliphatic carbocycles. The molecule has 0 fully saturated rings. The molecule has 0 saturated heterocycles. The molecule has 0 atom stereocenters. The standard InChI is InChI=1S/C14H17N3O/c1-14(2,3)12-11(9-18)13(15)17(16-12)10-7-5-4-6-8-10/h4-9H,15H2,1-3H3. The van der Waals surface area contributed by atoms with E-state index in [4.69, 9.17) is 5.73 Å². The average Bonchev–Trinajstić information content (AvgIpc) is 2.67. The van der Waals surface area contributed by atoms with Crippen molar-refractivity contribution in [2.75, 3.05) is 5.73 Å². The first-order valence-corrected chi connectivity index (χ1v) is 5.84. The number of para-hydroxylation sites is 1. The van der Waals surface area contributed by atoms with Crippen molar-refractivity contribution in [1.29, 1.82) is 0 Å². The molecule has 2 aromatic rings. The summed E-state index contributed by atoms with van der Waals surface area (Å²) in [6.45, 7) is 6.03. The Bertz CT molecular complexity index is 565. The third-order valence-corrected chi connectivity index (χ3v) is 2.79. The van der Waals surface area contributed by atoms with Gasteiger partial charge in [-0.15, -0.1) is 0 Å². The lowest BCUT2D eigenvalue weighted by Crippen LogP contribution is -2.14. The van der Waals surface area contributed by atoms with Crippen LogP contribution < -0.4 is 5.73 Å². The molecule has 2 N–H and O–H groups in total. The van der Waals surface area contributed by atoms with Crippen molar-refractivity contribution in [3.05, 3.63) is 41.6 Å². The second-order valence-corrected chi connectivity index (χ2v) is 5.26. The van der Waals surface area contributed by atoms with Gasteiger partial charge in [-0.3, -0.25) is 4.79 Å². The Morgan fingerprint density at radius 2 is 1.83 bits per heavy atom. The quantitative estimate of drug-likeness (QED) is 0.824. The fourth-order valence-corrected chi connectivity index (χ4v) is 1.88. The lowest BCUT2D eigenvalue weighted by molar-refractivity contribution is 0.112. The van der Waals surface area contributed by atoms with Gasteiger partial charge in [0.15, 0.2) is 6.29 Å². The van der Waals surface area contributed by atoms with E-state index in [0.29, 0.717) is 11.4 Å². The monoisotopic (exact) mass is 243 g/mol. The molecule has 2 rings (SSSR count). The predicted octanol–water partition coefficient (Wildman–Crippen LogP) is 2.56. The maximum absolute atomic E-state index is 11.2. The molecular weight excluding hydrogens is 226 g/mol. The van der Waals surface area contributed by atoms with Crippen molar-refractivity contribution in [2.24, 2.45) is 0 Å². The van der Waals surface area contributed by atoms with Gasteiger partial charge in [-0.1, -0.05) is 39.0 Å². The molecule has 1 aromatic heterocycles. The largest absolute Gasteiger partial charge is 0.383 e. The van der Waals surface area contributed by atoms with Gasteiger partial charge in [0.25, 0.3) is 0 Å². The van der Waals surface area contributed by atoms with Crippen LogP contribution in [-0.2, 0) is 5.41 Å². The molecule has 1 heterocycles. The van der Waals surface area contributed by atoms with Crippen LogP contribution in [0.15, 0.2) is 30.3 Å². The van der Waals surface area contributed by atoms with Crippen molar-refractivity contribution in [1.82, 2.24) is 9.78 Å². The van der Waals surface area contributed by atoms with Crippen molar-refractivity contribution in [2.45, 2.75) is 26.2 Å². The summed E-state index contributed by atoms with van der Waals surface area (Å²) in [5.74, 6) is 0.390. The average molecular weight is 243 g/mol. The SMILES string of the molecule is CC(C)(C)c1nn(-c2ccccc2)c(N)c1C=O. The highest BCUT2D eigenvalue weighted by atomic mass is 16.1. The van der Waals surface area contributed by atoms with Crippen molar-refractivity contribution >= 4 is 12.1 Å². The summed E-state index contributed by atoms with van der Waals surface area (Å²) in [7, 11) is 0. The van der Waals surface area contributed by atoms with E-state index in [1.165, 1.54) is 0 Å². The number of anilines is 1. The fourth-order valence-electron chi connectivity index (χ4n) is 1.88. The normalized spacial score (nSPS) is 11.5. The van der Waals surface area contributed by atoms with Gasteiger partial charge < -0.3 is 5.73 Å². The topological polar surface area (TPSA) is 60.9 Å². The molecule has 18 heavy (non-hydrogen) atoms. The lowest BCUT2D eigenvalue weighted by atomic mass is 9.90. The summed E-state index contributed by atoms with van der Waals surface area (Å²) in [5, 5.41) is 4.48. The zero-order valence-corrected chi connectivity index (χ0v) is 10.8. The highest BCUT2D eigenvalue weighted by molar-refractivity contribution is 5.84. The van der Waals surface area contributed by atoms with E-state index in [-0.39, 0.29) is 5.41 Å². The third kappa shape index (κ3) is 2.01.